The molecule has 1 atom stereocenters. The maximum atomic E-state index is 14.2. The fourth-order valence-corrected chi connectivity index (χ4v) is 7.37. The number of rotatable bonds is 6. The van der Waals surface area contributed by atoms with Crippen LogP contribution in [0, 0.1) is 12.8 Å². The lowest BCUT2D eigenvalue weighted by molar-refractivity contribution is -0.133. The first-order valence-electron chi connectivity index (χ1n) is 15.3. The van der Waals surface area contributed by atoms with Crippen LogP contribution in [-0.2, 0) is 25.6 Å². The molecule has 42 heavy (non-hydrogen) atoms. The van der Waals surface area contributed by atoms with Gasteiger partial charge in [0.05, 0.1) is 36.2 Å². The molecule has 3 aromatic rings. The van der Waals surface area contributed by atoms with E-state index in [9.17, 15) is 14.4 Å². The van der Waals surface area contributed by atoms with Gasteiger partial charge in [0, 0.05) is 31.1 Å². The summed E-state index contributed by atoms with van der Waals surface area (Å²) in [4.78, 5) is 44.0. The predicted molar refractivity (Wildman–Crippen MR) is 163 cm³/mol. The number of carbonyl (C=O) groups is 3. The normalized spacial score (nSPS) is 19.4. The van der Waals surface area contributed by atoms with E-state index in [1.807, 2.05) is 36.1 Å². The van der Waals surface area contributed by atoms with Crippen LogP contribution < -0.4 is 4.90 Å². The van der Waals surface area contributed by atoms with Crippen LogP contribution in [0.5, 0.6) is 0 Å². The van der Waals surface area contributed by atoms with Crippen molar-refractivity contribution in [1.82, 2.24) is 9.47 Å². The number of benzene rings is 2. The zero-order valence-electron chi connectivity index (χ0n) is 25.0. The van der Waals surface area contributed by atoms with Crippen molar-refractivity contribution >= 4 is 34.4 Å². The molecule has 0 spiro atoms. The average molecular weight is 572 g/mol. The van der Waals surface area contributed by atoms with E-state index in [4.69, 9.17) is 9.47 Å². The summed E-state index contributed by atoms with van der Waals surface area (Å²) in [6, 6.07) is 12.0. The average Bonchev–Trinajstić information content (AvgIpc) is 3.27. The molecular formula is C34H41N3O5. The first-order chi connectivity index (χ1) is 20.4. The summed E-state index contributed by atoms with van der Waals surface area (Å²) in [6.45, 7) is 4.11. The van der Waals surface area contributed by atoms with Crippen LogP contribution in [0.2, 0.25) is 0 Å². The molecule has 3 heterocycles. The van der Waals surface area contributed by atoms with E-state index in [-0.39, 0.29) is 24.9 Å². The molecule has 0 unspecified atom stereocenters. The molecular weight excluding hydrogens is 530 g/mol. The molecule has 0 bridgehead atoms. The highest BCUT2D eigenvalue weighted by molar-refractivity contribution is 6.07. The summed E-state index contributed by atoms with van der Waals surface area (Å²) in [7, 11) is 3.08. The molecule has 2 amide bonds. The van der Waals surface area contributed by atoms with Gasteiger partial charge in [-0.2, -0.15) is 0 Å². The third-order valence-corrected chi connectivity index (χ3v) is 9.40. The number of anilines is 1. The number of esters is 1. The van der Waals surface area contributed by atoms with E-state index in [0.717, 1.165) is 59.1 Å². The number of hydrogen-bond donors (Lipinski definition) is 0. The summed E-state index contributed by atoms with van der Waals surface area (Å²) >= 11 is 0. The van der Waals surface area contributed by atoms with E-state index in [2.05, 4.69) is 16.7 Å². The first kappa shape index (κ1) is 28.5. The lowest BCUT2D eigenvalue weighted by Crippen LogP contribution is -2.47. The van der Waals surface area contributed by atoms with Crippen molar-refractivity contribution < 1.29 is 23.9 Å². The number of amides is 2. The van der Waals surface area contributed by atoms with Crippen molar-refractivity contribution in [2.45, 2.75) is 64.3 Å². The molecule has 8 nitrogen and oxygen atoms in total. The highest BCUT2D eigenvalue weighted by Crippen LogP contribution is 2.47. The number of piperidine rings is 1. The number of nitrogens with zero attached hydrogens (tertiary/aromatic N) is 3. The van der Waals surface area contributed by atoms with E-state index < -0.39 is 5.97 Å². The Morgan fingerprint density at radius 1 is 0.976 bits per heavy atom. The number of methoxy groups -OCH3 is 2. The van der Waals surface area contributed by atoms with Gasteiger partial charge in [-0.25, -0.2) is 4.79 Å². The molecule has 1 saturated carbocycles. The van der Waals surface area contributed by atoms with Crippen LogP contribution in [-0.4, -0.2) is 67.7 Å². The molecule has 2 aliphatic heterocycles. The van der Waals surface area contributed by atoms with Crippen molar-refractivity contribution in [2.24, 2.45) is 5.92 Å². The van der Waals surface area contributed by atoms with Crippen molar-refractivity contribution in [1.29, 1.82) is 0 Å². The summed E-state index contributed by atoms with van der Waals surface area (Å²) < 4.78 is 12.5. The van der Waals surface area contributed by atoms with Crippen molar-refractivity contribution in [3.8, 4) is 11.3 Å². The maximum absolute atomic E-state index is 14.2. The number of carbonyl (C=O) groups excluding carboxylic acids is 3. The van der Waals surface area contributed by atoms with Gasteiger partial charge >= 0.3 is 5.97 Å². The van der Waals surface area contributed by atoms with Crippen molar-refractivity contribution in [2.75, 3.05) is 45.4 Å². The largest absolute Gasteiger partial charge is 0.465 e. The lowest BCUT2D eigenvalue weighted by Gasteiger charge is -2.34. The zero-order valence-corrected chi connectivity index (χ0v) is 25.0. The summed E-state index contributed by atoms with van der Waals surface area (Å²) in [5.41, 5.74) is 6.40. The predicted octanol–water partition coefficient (Wildman–Crippen LogP) is 5.68. The maximum Gasteiger partial charge on any atom is 0.337 e. The second-order valence-corrected chi connectivity index (χ2v) is 12.2. The minimum Gasteiger partial charge on any atom is -0.465 e. The van der Waals surface area contributed by atoms with E-state index in [1.165, 1.54) is 31.9 Å². The van der Waals surface area contributed by atoms with E-state index in [1.54, 1.807) is 12.0 Å². The van der Waals surface area contributed by atoms with Gasteiger partial charge < -0.3 is 23.8 Å². The van der Waals surface area contributed by atoms with Crippen LogP contribution in [0.15, 0.2) is 36.4 Å². The molecule has 2 fully saturated rings. The minimum atomic E-state index is -0.400. The number of hydrogen-bond acceptors (Lipinski definition) is 5. The number of ether oxygens (including phenoxy) is 2. The Kier molecular flexibility index (Phi) is 8.08. The van der Waals surface area contributed by atoms with E-state index in [0.29, 0.717) is 37.1 Å². The highest BCUT2D eigenvalue weighted by Gasteiger charge is 2.35. The summed E-state index contributed by atoms with van der Waals surface area (Å²) in [5, 5.41) is 1.09. The molecule has 6 rings (SSSR count). The molecule has 0 radical (unpaired) electrons. The quantitative estimate of drug-likeness (QED) is 0.356. The van der Waals surface area contributed by atoms with Gasteiger partial charge in [-0.15, -0.1) is 0 Å². The molecule has 8 heteroatoms. The standard InChI is InChI=1S/C34H41N3O5/c1-22-11-13-27-28(16-22)36(19-30(38)35-15-7-8-23(18-35)21-41-2)31(39)20-37-29-17-25(34(40)42-3)12-14-26(29)32(33(27)37)24-9-5-4-6-10-24/h11-14,16-17,23-24H,4-10,15,18-21H2,1-3H3/t23-/m1/s1. The lowest BCUT2D eigenvalue weighted by atomic mass is 9.81. The Bertz CT molecular complexity index is 1520. The van der Waals surface area contributed by atoms with Crippen LogP contribution >= 0.6 is 0 Å². The topological polar surface area (TPSA) is 81.1 Å². The first-order valence-corrected chi connectivity index (χ1v) is 15.3. The number of fused-ring (bicyclic) bond motifs is 5. The SMILES string of the molecule is COC[C@@H]1CCCN(C(=O)CN2C(=O)Cn3c(c(C4CCCCC4)c4ccc(C(=O)OC)cc43)-c3ccc(C)cc32)C1. The zero-order chi connectivity index (χ0) is 29.4. The molecule has 1 saturated heterocycles. The van der Waals surface area contributed by atoms with Crippen molar-refractivity contribution in [3.05, 3.63) is 53.1 Å². The third kappa shape index (κ3) is 5.21. The molecule has 3 aliphatic rings. The molecule has 2 aromatic carbocycles. The molecule has 1 aromatic heterocycles. The smallest absolute Gasteiger partial charge is 0.337 e. The van der Waals surface area contributed by atoms with Gasteiger partial charge in [-0.05, 0) is 73.8 Å². The Morgan fingerprint density at radius 2 is 1.79 bits per heavy atom. The molecule has 222 valence electrons. The van der Waals surface area contributed by atoms with Gasteiger partial charge in [-0.1, -0.05) is 37.5 Å². The van der Waals surface area contributed by atoms with Gasteiger partial charge in [0.1, 0.15) is 13.1 Å². The Morgan fingerprint density at radius 3 is 2.55 bits per heavy atom. The van der Waals surface area contributed by atoms with Crippen molar-refractivity contribution in [3.63, 3.8) is 0 Å². The van der Waals surface area contributed by atoms with E-state index >= 15 is 0 Å². The highest BCUT2D eigenvalue weighted by atomic mass is 16.5. The fourth-order valence-electron chi connectivity index (χ4n) is 7.37. The monoisotopic (exact) mass is 571 g/mol. The Labute approximate surface area is 247 Å². The van der Waals surface area contributed by atoms with Crippen LogP contribution in [0.4, 0.5) is 5.69 Å². The number of aryl methyl sites for hydroxylation is 1. The van der Waals surface area contributed by atoms with Crippen LogP contribution in [0.25, 0.3) is 22.2 Å². The van der Waals surface area contributed by atoms with Gasteiger partial charge in [-0.3, -0.25) is 9.59 Å². The van der Waals surface area contributed by atoms with Gasteiger partial charge in [0.2, 0.25) is 11.8 Å². The Balaban J connectivity index is 1.47. The Hall–Kier alpha value is -3.65. The second kappa shape index (κ2) is 11.9. The molecule has 1 aliphatic carbocycles. The van der Waals surface area contributed by atoms with Gasteiger partial charge in [0.25, 0.3) is 0 Å². The number of aromatic nitrogens is 1. The summed E-state index contributed by atoms with van der Waals surface area (Å²) in [5.74, 6) is 0.118. The molecule has 0 N–H and O–H groups in total. The minimum absolute atomic E-state index is 0.00390. The summed E-state index contributed by atoms with van der Waals surface area (Å²) in [6.07, 6.45) is 7.77. The van der Waals surface area contributed by atoms with Crippen LogP contribution in [0.3, 0.4) is 0 Å². The fraction of sp³-hybridized carbons (Fsp3) is 0.500. The van der Waals surface area contributed by atoms with Crippen LogP contribution in [0.1, 0.15) is 72.3 Å². The third-order valence-electron chi connectivity index (χ3n) is 9.40. The van der Waals surface area contributed by atoms with Gasteiger partial charge in [0.15, 0.2) is 0 Å². The number of likely N-dealkylation sites (tertiary alicyclic amines) is 1. The second-order valence-electron chi connectivity index (χ2n) is 12.2.